The Morgan fingerprint density at radius 1 is 0.983 bits per heavy atom. The van der Waals surface area contributed by atoms with Crippen LogP contribution < -0.4 is 10.6 Å². The number of halogens is 2. The smallest absolute Gasteiger partial charge is 0.397 e. The summed E-state index contributed by atoms with van der Waals surface area (Å²) < 4.78 is 90.3. The van der Waals surface area contributed by atoms with Crippen LogP contribution in [0.3, 0.4) is 0 Å². The van der Waals surface area contributed by atoms with Gasteiger partial charge in [0.15, 0.2) is 6.29 Å². The average molecular weight is 1090 g/mol. The number of hydrogen-bond acceptors (Lipinski definition) is 14. The molecule has 22 heteroatoms. The van der Waals surface area contributed by atoms with Crippen molar-refractivity contribution in [1.29, 1.82) is 0 Å². The van der Waals surface area contributed by atoms with Gasteiger partial charge in [0, 0.05) is 31.5 Å². The molecule has 14 atom stereocenters. The fourth-order valence-corrected chi connectivity index (χ4v) is 14.2. The van der Waals surface area contributed by atoms with Crippen molar-refractivity contribution >= 4 is 77.9 Å². The van der Waals surface area contributed by atoms with E-state index in [0.29, 0.717) is 32.3 Å². The summed E-state index contributed by atoms with van der Waals surface area (Å²) in [5.74, 6) is -1.72. The van der Waals surface area contributed by atoms with Gasteiger partial charge in [0.2, 0.25) is 5.91 Å². The number of aliphatic hydroxyl groups excluding tert-OH is 2. The van der Waals surface area contributed by atoms with Gasteiger partial charge in [-0.2, -0.15) is 16.8 Å². The fourth-order valence-electron chi connectivity index (χ4n) is 11.2. The van der Waals surface area contributed by atoms with Crippen molar-refractivity contribution in [2.45, 2.75) is 115 Å². The van der Waals surface area contributed by atoms with Gasteiger partial charge in [0.25, 0.3) is 0 Å². The number of nitrogens with one attached hydrogen (secondary N) is 2. The summed E-state index contributed by atoms with van der Waals surface area (Å²) in [4.78, 5) is 25.4. The molecule has 1 aliphatic heterocycles. The standard InChI is InChI=1S/C36H52I2N2O16S2/c1-17-19-4-5-26-35(2)15-20(13-21(33(45)46)22(35)7-8-36(26,14-19)32(17)44)53-34-29(43)31(56-58(50,51)52)30(55-57(47,48)49)25(54-34)16-39-9-10-40-27(41)6-3-18-11-23(37)28(42)24(38)12-18/h11-12,17,19-22,25-26,29-32,34,39,42-44H,3-10,13-16H2,1-2H3,(H,40,41)(H,45,46)(H,47,48,49)(H,50,51,52)/t17?,19-,20-,21-,22-,25-,26+,29-,30-,31-,32-,34-,35-,36-/m1/s1. The van der Waals surface area contributed by atoms with Crippen molar-refractivity contribution in [3.05, 3.63) is 24.8 Å². The zero-order valence-electron chi connectivity index (χ0n) is 31.9. The third-order valence-corrected chi connectivity index (χ3v) is 16.2. The van der Waals surface area contributed by atoms with Gasteiger partial charge in [-0.25, -0.2) is 8.37 Å². The minimum atomic E-state index is -5.38. The molecule has 5 fully saturated rings. The first-order valence-electron chi connectivity index (χ1n) is 19.4. The molecule has 6 rings (SSSR count). The van der Waals surface area contributed by atoms with Crippen molar-refractivity contribution in [2.24, 2.45) is 40.4 Å². The second kappa shape index (κ2) is 18.0. The van der Waals surface area contributed by atoms with Gasteiger partial charge in [-0.15, -0.1) is 0 Å². The van der Waals surface area contributed by atoms with Crippen LogP contribution in [0, 0.1) is 47.6 Å². The maximum absolute atomic E-state index is 12.8. The quantitative estimate of drug-likeness (QED) is 0.0542. The molecular weight excluding hydrogens is 1030 g/mol. The molecule has 58 heavy (non-hydrogen) atoms. The maximum atomic E-state index is 12.8. The van der Waals surface area contributed by atoms with Gasteiger partial charge in [-0.3, -0.25) is 18.7 Å². The molecule has 1 unspecified atom stereocenters. The normalized spacial score (nSPS) is 38.8. The average Bonchev–Trinajstić information content (AvgIpc) is 3.29. The molecule has 0 radical (unpaired) electrons. The van der Waals surface area contributed by atoms with Crippen LogP contribution in [0.1, 0.15) is 70.8 Å². The molecule has 18 nitrogen and oxygen atoms in total. The highest BCUT2D eigenvalue weighted by Crippen LogP contribution is 2.71. The number of carbonyl (C=O) groups is 2. The fraction of sp³-hybridized carbons (Fsp3) is 0.778. The van der Waals surface area contributed by atoms with Crippen molar-refractivity contribution in [3.63, 3.8) is 0 Å². The molecule has 2 bridgehead atoms. The number of amides is 1. The molecule has 328 valence electrons. The number of aromatic hydroxyl groups is 1. The summed E-state index contributed by atoms with van der Waals surface area (Å²) in [6, 6.07) is 3.56. The molecule has 1 saturated heterocycles. The van der Waals surface area contributed by atoms with Crippen LogP contribution in [0.5, 0.6) is 5.75 Å². The molecule has 4 saturated carbocycles. The van der Waals surface area contributed by atoms with Crippen LogP contribution in [-0.4, -0.2) is 121 Å². The molecule has 1 spiro atoms. The van der Waals surface area contributed by atoms with E-state index in [1.807, 2.05) is 52.1 Å². The van der Waals surface area contributed by atoms with Gasteiger partial charge < -0.3 is 40.5 Å². The number of carbonyl (C=O) groups excluding carboxylic acids is 1. The first-order chi connectivity index (χ1) is 27.0. The highest BCUT2D eigenvalue weighted by molar-refractivity contribution is 14.1. The van der Waals surface area contributed by atoms with E-state index in [9.17, 15) is 56.0 Å². The van der Waals surface area contributed by atoms with E-state index in [1.165, 1.54) is 0 Å². The van der Waals surface area contributed by atoms with Crippen LogP contribution in [0.25, 0.3) is 0 Å². The summed E-state index contributed by atoms with van der Waals surface area (Å²) in [6.07, 6.45) is -6.26. The number of fused-ring (bicyclic) bond motifs is 3. The van der Waals surface area contributed by atoms with E-state index in [-0.39, 0.29) is 67.3 Å². The number of aliphatic hydroxyl groups is 2. The molecule has 1 aromatic rings. The summed E-state index contributed by atoms with van der Waals surface area (Å²) in [5, 5.41) is 49.2. The Morgan fingerprint density at radius 3 is 2.28 bits per heavy atom. The van der Waals surface area contributed by atoms with Gasteiger partial charge in [-0.1, -0.05) is 13.8 Å². The van der Waals surface area contributed by atoms with Crippen molar-refractivity contribution < 1.29 is 73.8 Å². The maximum Gasteiger partial charge on any atom is 0.397 e. The molecule has 0 aromatic heterocycles. The monoisotopic (exact) mass is 1090 g/mol. The van der Waals surface area contributed by atoms with Crippen LogP contribution in [0.4, 0.5) is 0 Å². The van der Waals surface area contributed by atoms with Gasteiger partial charge in [0.05, 0.1) is 25.3 Å². The Bertz CT molecular complexity index is 1900. The minimum absolute atomic E-state index is 0.0125. The number of aryl methyl sites for hydroxylation is 1. The minimum Gasteiger partial charge on any atom is -0.506 e. The van der Waals surface area contributed by atoms with E-state index in [1.54, 1.807) is 12.1 Å². The predicted molar refractivity (Wildman–Crippen MR) is 220 cm³/mol. The van der Waals surface area contributed by atoms with Crippen molar-refractivity contribution in [2.75, 3.05) is 19.6 Å². The Hall–Kier alpha value is -1.04. The molecule has 4 aliphatic carbocycles. The van der Waals surface area contributed by atoms with Gasteiger partial charge in [-0.05, 0) is 143 Å². The van der Waals surface area contributed by atoms with Crippen LogP contribution in [-0.2, 0) is 54.6 Å². The zero-order chi connectivity index (χ0) is 42.5. The molecule has 5 aliphatic rings. The molecule has 8 N–H and O–H groups in total. The second-order valence-electron chi connectivity index (χ2n) is 16.9. The summed E-state index contributed by atoms with van der Waals surface area (Å²) in [7, 11) is -10.7. The van der Waals surface area contributed by atoms with Crippen LogP contribution >= 0.6 is 45.2 Å². The molecule has 1 amide bonds. The molecule has 1 heterocycles. The number of ether oxygens (including phenoxy) is 2. The summed E-state index contributed by atoms with van der Waals surface area (Å²) >= 11 is 4.01. The Morgan fingerprint density at radius 2 is 1.64 bits per heavy atom. The summed E-state index contributed by atoms with van der Waals surface area (Å²) in [6.45, 7) is 3.95. The van der Waals surface area contributed by atoms with Crippen LogP contribution in [0.2, 0.25) is 0 Å². The lowest BCUT2D eigenvalue weighted by Gasteiger charge is -2.62. The van der Waals surface area contributed by atoms with E-state index >= 15 is 0 Å². The third-order valence-electron chi connectivity index (χ3n) is 13.6. The number of rotatable bonds is 15. The largest absolute Gasteiger partial charge is 0.506 e. The summed E-state index contributed by atoms with van der Waals surface area (Å²) in [5.41, 5.74) is -0.111. The van der Waals surface area contributed by atoms with Crippen LogP contribution in [0.15, 0.2) is 12.1 Å². The van der Waals surface area contributed by atoms with Gasteiger partial charge in [0.1, 0.15) is 30.2 Å². The Labute approximate surface area is 365 Å². The highest BCUT2D eigenvalue weighted by Gasteiger charge is 2.67. The number of carboxylic acid groups (broad SMARTS) is 1. The number of carboxylic acids is 1. The number of phenolic OH excluding ortho intramolecular Hbond substituents is 1. The zero-order valence-corrected chi connectivity index (χ0v) is 37.9. The number of phenols is 1. The molecule has 1 aromatic carbocycles. The van der Waals surface area contributed by atoms with E-state index in [2.05, 4.69) is 17.6 Å². The lowest BCUT2D eigenvalue weighted by molar-refractivity contribution is -0.309. The lowest BCUT2D eigenvalue weighted by Crippen LogP contribution is -2.64. The number of benzene rings is 1. The van der Waals surface area contributed by atoms with Crippen molar-refractivity contribution in [1.82, 2.24) is 10.6 Å². The topological polar surface area (TPSA) is 285 Å². The van der Waals surface area contributed by atoms with E-state index in [4.69, 9.17) is 17.8 Å². The number of aliphatic carboxylic acids is 1. The van der Waals surface area contributed by atoms with E-state index < -0.39 is 81.0 Å². The third kappa shape index (κ3) is 9.93. The Balaban J connectivity index is 1.16. The van der Waals surface area contributed by atoms with Crippen molar-refractivity contribution in [3.8, 4) is 5.75 Å². The first kappa shape index (κ1) is 46.5. The second-order valence-corrected chi connectivity index (χ2v) is 21.3. The van der Waals surface area contributed by atoms with E-state index in [0.717, 1.165) is 31.2 Å². The van der Waals surface area contributed by atoms with Gasteiger partial charge >= 0.3 is 26.8 Å². The Kier molecular flexibility index (Phi) is 14.4. The number of hydrogen-bond donors (Lipinski definition) is 8. The SMILES string of the molecule is CC1[C@@H]2CC[C@H]3[C@]4(C)C[C@H](O[C@@H]5O[C@H](CNCCNC(=O)CCc6cc(I)c(O)c(I)c6)[C@@H](OS(=O)(=O)O)[C@H](OS(=O)(=O)O)[C@H]5O)C[C@@H](C(=O)O)[C@H]4CC[C@]3(C2)[C@@H]1O. The lowest BCUT2D eigenvalue weighted by atomic mass is 9.43. The first-order valence-corrected chi connectivity index (χ1v) is 24.3. The molecular formula is C36H52I2N2O16S2. The predicted octanol–water partition coefficient (Wildman–Crippen LogP) is 2.41. The highest BCUT2D eigenvalue weighted by atomic mass is 127.